The summed E-state index contributed by atoms with van der Waals surface area (Å²) in [5, 5.41) is 17.8. The Morgan fingerprint density at radius 1 is 1.36 bits per heavy atom. The van der Waals surface area contributed by atoms with Crippen LogP contribution in [0.15, 0.2) is 29.2 Å². The summed E-state index contributed by atoms with van der Waals surface area (Å²) in [5.41, 5.74) is 4.19. The first kappa shape index (κ1) is 15.1. The van der Waals surface area contributed by atoms with Gasteiger partial charge in [0.25, 0.3) is 0 Å². The van der Waals surface area contributed by atoms with Gasteiger partial charge in [-0.15, -0.1) is 0 Å². The Balaban J connectivity index is 1.94. The second kappa shape index (κ2) is 4.85. The highest BCUT2D eigenvalue weighted by molar-refractivity contribution is 7.85. The zero-order valence-electron chi connectivity index (χ0n) is 11.3. The average Bonchev–Trinajstić information content (AvgIpc) is 3.12. The molecule has 0 aromatic heterocycles. The first-order valence-electron chi connectivity index (χ1n) is 6.68. The minimum Gasteiger partial charge on any atom is -0.481 e. The van der Waals surface area contributed by atoms with Crippen LogP contribution in [0.25, 0.3) is 0 Å². The molecule has 8 heteroatoms. The minimum absolute atomic E-state index is 0.0788. The summed E-state index contributed by atoms with van der Waals surface area (Å²) in [5.74, 6) is -5.16. The number of benzene rings is 1. The first-order valence-corrected chi connectivity index (χ1v) is 7.90. The Morgan fingerprint density at radius 3 is 2.59 bits per heavy atom. The molecule has 118 valence electrons. The summed E-state index contributed by atoms with van der Waals surface area (Å²) < 4.78 is 25.9. The molecule has 4 N–H and O–H groups in total. The summed E-state index contributed by atoms with van der Waals surface area (Å²) in [4.78, 5) is 22.9. The summed E-state index contributed by atoms with van der Waals surface area (Å²) in [6, 6.07) is 5.20. The molecule has 3 rings (SSSR count). The lowest BCUT2D eigenvalue weighted by Crippen LogP contribution is -2.51. The van der Waals surface area contributed by atoms with Gasteiger partial charge in [0.2, 0.25) is 0 Å². The van der Waals surface area contributed by atoms with Crippen molar-refractivity contribution in [3.63, 3.8) is 0 Å². The largest absolute Gasteiger partial charge is 0.481 e. The van der Waals surface area contributed by atoms with Gasteiger partial charge in [-0.25, -0.2) is 4.39 Å². The molecule has 0 aliphatic heterocycles. The number of hydrogen-bond acceptors (Lipinski definition) is 4. The zero-order valence-corrected chi connectivity index (χ0v) is 12.1. The van der Waals surface area contributed by atoms with Crippen LogP contribution in [0, 0.1) is 23.6 Å². The van der Waals surface area contributed by atoms with Crippen LogP contribution >= 0.6 is 0 Å². The molecule has 6 unspecified atom stereocenters. The number of halogens is 1. The second-order valence-electron chi connectivity index (χ2n) is 5.81. The highest BCUT2D eigenvalue weighted by Gasteiger charge is 2.74. The molecule has 1 aromatic rings. The third-order valence-electron chi connectivity index (χ3n) is 4.63. The van der Waals surface area contributed by atoms with Crippen molar-refractivity contribution < 1.29 is 28.4 Å². The standard InChI is InChI=1S/C14H14FNO5S/c15-6-2-1-3-7(4-6)22(21)8-5-14(16,13(19)20)11-9(8)10(11)12(17)18/h1-4,8-11H,5,16H2,(H,17,18)(H,19,20). The number of rotatable bonds is 4. The van der Waals surface area contributed by atoms with Gasteiger partial charge in [0, 0.05) is 16.1 Å². The maximum atomic E-state index is 13.3. The van der Waals surface area contributed by atoms with Crippen molar-refractivity contribution in [3.05, 3.63) is 30.1 Å². The number of fused-ring (bicyclic) bond motifs is 1. The van der Waals surface area contributed by atoms with Gasteiger partial charge in [-0.05, 0) is 30.5 Å². The van der Waals surface area contributed by atoms with Gasteiger partial charge in [-0.1, -0.05) is 6.07 Å². The van der Waals surface area contributed by atoms with Gasteiger partial charge >= 0.3 is 11.9 Å². The SMILES string of the molecule is NC1(C(=O)O)CC(S(=O)c2cccc(F)c2)C2C(C(=O)O)C21. The number of carbonyl (C=O) groups is 2. The average molecular weight is 327 g/mol. The summed E-state index contributed by atoms with van der Waals surface area (Å²) in [7, 11) is -1.70. The topological polar surface area (TPSA) is 118 Å². The van der Waals surface area contributed by atoms with Crippen molar-refractivity contribution in [1.82, 2.24) is 0 Å². The number of hydrogen-bond donors (Lipinski definition) is 3. The second-order valence-corrected chi connectivity index (χ2v) is 7.48. The third kappa shape index (κ3) is 2.05. The Labute approximate surface area is 127 Å². The van der Waals surface area contributed by atoms with E-state index in [1.54, 1.807) is 0 Å². The summed E-state index contributed by atoms with van der Waals surface area (Å²) in [6.07, 6.45) is -0.0788. The van der Waals surface area contributed by atoms with E-state index in [1.807, 2.05) is 0 Å². The molecule has 22 heavy (non-hydrogen) atoms. The molecular formula is C14H14FNO5S. The lowest BCUT2D eigenvalue weighted by molar-refractivity contribution is -0.145. The molecule has 0 heterocycles. The van der Waals surface area contributed by atoms with Crippen LogP contribution in [0.4, 0.5) is 4.39 Å². The quantitative estimate of drug-likeness (QED) is 0.738. The molecule has 0 spiro atoms. The Hall–Kier alpha value is -1.80. The van der Waals surface area contributed by atoms with Crippen LogP contribution in [0.3, 0.4) is 0 Å². The maximum absolute atomic E-state index is 13.3. The number of carboxylic acid groups (broad SMARTS) is 2. The van der Waals surface area contributed by atoms with E-state index in [-0.39, 0.29) is 11.3 Å². The van der Waals surface area contributed by atoms with E-state index < -0.39 is 57.1 Å². The molecule has 0 amide bonds. The fourth-order valence-electron chi connectivity index (χ4n) is 3.60. The molecule has 0 radical (unpaired) electrons. The van der Waals surface area contributed by atoms with E-state index in [9.17, 15) is 28.4 Å². The molecule has 2 fully saturated rings. The molecule has 1 aromatic carbocycles. The van der Waals surface area contributed by atoms with Crippen LogP contribution in [0.5, 0.6) is 0 Å². The van der Waals surface area contributed by atoms with Crippen LogP contribution < -0.4 is 5.73 Å². The van der Waals surface area contributed by atoms with Crippen molar-refractivity contribution in [2.24, 2.45) is 23.5 Å². The maximum Gasteiger partial charge on any atom is 0.324 e. The molecule has 2 aliphatic carbocycles. The third-order valence-corrected chi connectivity index (χ3v) is 6.37. The predicted molar refractivity (Wildman–Crippen MR) is 73.9 cm³/mol. The van der Waals surface area contributed by atoms with E-state index in [2.05, 4.69) is 0 Å². The molecule has 0 bridgehead atoms. The molecule has 2 saturated carbocycles. The summed E-state index contributed by atoms with van der Waals surface area (Å²) in [6.45, 7) is 0. The van der Waals surface area contributed by atoms with Gasteiger partial charge in [-0.2, -0.15) is 0 Å². The minimum atomic E-state index is -1.70. The van der Waals surface area contributed by atoms with E-state index in [0.717, 1.165) is 6.07 Å². The highest BCUT2D eigenvalue weighted by atomic mass is 32.2. The highest BCUT2D eigenvalue weighted by Crippen LogP contribution is 2.63. The van der Waals surface area contributed by atoms with Crippen molar-refractivity contribution in [2.75, 3.05) is 0 Å². The fourth-order valence-corrected chi connectivity index (χ4v) is 5.44. The Bertz CT molecular complexity index is 696. The smallest absolute Gasteiger partial charge is 0.324 e. The molecule has 2 aliphatic rings. The monoisotopic (exact) mass is 327 g/mol. The predicted octanol–water partition coefficient (Wildman–Crippen LogP) is 0.434. The van der Waals surface area contributed by atoms with Crippen LogP contribution in [0.1, 0.15) is 6.42 Å². The van der Waals surface area contributed by atoms with Gasteiger partial charge < -0.3 is 15.9 Å². The first-order chi connectivity index (χ1) is 10.3. The fraction of sp³-hybridized carbons (Fsp3) is 0.429. The molecule has 6 atom stereocenters. The van der Waals surface area contributed by atoms with Gasteiger partial charge in [0.05, 0.1) is 16.7 Å². The van der Waals surface area contributed by atoms with Gasteiger partial charge in [0.15, 0.2) is 0 Å². The number of carboxylic acids is 2. The van der Waals surface area contributed by atoms with Gasteiger partial charge in [-0.3, -0.25) is 13.8 Å². The normalized spacial score (nSPS) is 37.4. The van der Waals surface area contributed by atoms with E-state index in [4.69, 9.17) is 5.73 Å². The van der Waals surface area contributed by atoms with Crippen LogP contribution in [-0.2, 0) is 20.4 Å². The van der Waals surface area contributed by atoms with Crippen LogP contribution in [0.2, 0.25) is 0 Å². The molecule has 0 saturated heterocycles. The lowest BCUT2D eigenvalue weighted by Gasteiger charge is -2.24. The van der Waals surface area contributed by atoms with Gasteiger partial charge in [0.1, 0.15) is 11.4 Å². The van der Waals surface area contributed by atoms with E-state index in [0.29, 0.717) is 0 Å². The Kier molecular flexibility index (Phi) is 3.33. The molecular weight excluding hydrogens is 313 g/mol. The van der Waals surface area contributed by atoms with Crippen molar-refractivity contribution in [1.29, 1.82) is 0 Å². The van der Waals surface area contributed by atoms with Crippen LogP contribution in [-0.4, -0.2) is 37.1 Å². The van der Waals surface area contributed by atoms with Crippen molar-refractivity contribution in [3.8, 4) is 0 Å². The Morgan fingerprint density at radius 2 is 2.05 bits per heavy atom. The number of nitrogens with two attached hydrogens (primary N) is 1. The van der Waals surface area contributed by atoms with E-state index >= 15 is 0 Å². The lowest BCUT2D eigenvalue weighted by atomic mass is 9.91. The van der Waals surface area contributed by atoms with Crippen molar-refractivity contribution >= 4 is 22.7 Å². The zero-order chi connectivity index (χ0) is 16.2. The van der Waals surface area contributed by atoms with E-state index in [1.165, 1.54) is 18.2 Å². The molecule has 6 nitrogen and oxygen atoms in total. The number of aliphatic carboxylic acids is 2. The van der Waals surface area contributed by atoms with Crippen molar-refractivity contribution in [2.45, 2.75) is 22.1 Å². The summed E-state index contributed by atoms with van der Waals surface area (Å²) >= 11 is 0.